The summed E-state index contributed by atoms with van der Waals surface area (Å²) in [5.41, 5.74) is 8.15. The van der Waals surface area contributed by atoms with Crippen LogP contribution in [-0.4, -0.2) is 25.0 Å². The monoisotopic (exact) mass is 183 g/mol. The predicted molar refractivity (Wildman–Crippen MR) is 46.0 cm³/mol. The van der Waals surface area contributed by atoms with Gasteiger partial charge >= 0.3 is 0 Å². The summed E-state index contributed by atoms with van der Waals surface area (Å²) in [6, 6.07) is 0. The van der Waals surface area contributed by atoms with Crippen molar-refractivity contribution in [2.75, 3.05) is 13.2 Å². The predicted octanol–water partition coefficient (Wildman–Crippen LogP) is 1.98. The lowest BCUT2D eigenvalue weighted by Crippen LogP contribution is -2.27. The molecule has 0 N–H and O–H groups in total. The molecule has 72 valence electrons. The molecule has 1 saturated heterocycles. The van der Waals surface area contributed by atoms with Crippen molar-refractivity contribution in [2.24, 2.45) is 5.11 Å². The summed E-state index contributed by atoms with van der Waals surface area (Å²) in [7, 11) is 0. The van der Waals surface area contributed by atoms with E-state index in [1.807, 2.05) is 0 Å². The zero-order valence-corrected chi connectivity index (χ0v) is 7.48. The average molecular weight is 183 g/mol. The van der Waals surface area contributed by atoms with Gasteiger partial charge in [0.1, 0.15) is 0 Å². The molecular weight excluding hydrogens is 170 g/mol. The van der Waals surface area contributed by atoms with Gasteiger partial charge < -0.3 is 9.47 Å². The molecule has 1 spiro atoms. The van der Waals surface area contributed by atoms with Crippen LogP contribution in [0.3, 0.4) is 0 Å². The summed E-state index contributed by atoms with van der Waals surface area (Å²) < 4.78 is 11.3. The fourth-order valence-corrected chi connectivity index (χ4v) is 2.01. The molecule has 1 aliphatic carbocycles. The Bertz CT molecular complexity index is 232. The number of rotatable bonds is 2. The summed E-state index contributed by atoms with van der Waals surface area (Å²) >= 11 is 0. The molecule has 13 heavy (non-hydrogen) atoms. The number of azide groups is 1. The Kier molecular flexibility index (Phi) is 2.40. The molecule has 0 bridgehead atoms. The van der Waals surface area contributed by atoms with Gasteiger partial charge in [-0.05, 0) is 18.4 Å². The molecular formula is C8H13N3O2. The highest BCUT2D eigenvalue weighted by Gasteiger charge is 2.43. The quantitative estimate of drug-likeness (QED) is 0.373. The van der Waals surface area contributed by atoms with Crippen LogP contribution < -0.4 is 0 Å². The standard InChI is InChI=1S/C8H13N3O2/c9-11-10-5-7-6-12-8(13-7)3-1-2-4-8/h7H,1-6H2. The van der Waals surface area contributed by atoms with Crippen molar-refractivity contribution >= 4 is 0 Å². The van der Waals surface area contributed by atoms with Crippen LogP contribution in [0.2, 0.25) is 0 Å². The van der Waals surface area contributed by atoms with Crippen LogP contribution >= 0.6 is 0 Å². The number of hydrogen-bond donors (Lipinski definition) is 0. The van der Waals surface area contributed by atoms with Crippen LogP contribution in [0.4, 0.5) is 0 Å². The second-order valence-corrected chi connectivity index (χ2v) is 3.58. The summed E-state index contributed by atoms with van der Waals surface area (Å²) in [6.45, 7) is 0.956. The number of hydrogen-bond acceptors (Lipinski definition) is 3. The van der Waals surface area contributed by atoms with Gasteiger partial charge in [0.05, 0.1) is 19.3 Å². The molecule has 0 aromatic rings. The lowest BCUT2D eigenvalue weighted by Gasteiger charge is -2.21. The lowest BCUT2D eigenvalue weighted by molar-refractivity contribution is -0.160. The smallest absolute Gasteiger partial charge is 0.168 e. The number of nitrogens with zero attached hydrogens (tertiary/aromatic N) is 3. The number of ether oxygens (including phenoxy) is 2. The van der Waals surface area contributed by atoms with Crippen LogP contribution in [0.5, 0.6) is 0 Å². The molecule has 1 heterocycles. The minimum absolute atomic E-state index is 0.0333. The molecule has 2 rings (SSSR count). The van der Waals surface area contributed by atoms with E-state index in [4.69, 9.17) is 15.0 Å². The highest BCUT2D eigenvalue weighted by molar-refractivity contribution is 4.84. The topological polar surface area (TPSA) is 67.2 Å². The first-order chi connectivity index (χ1) is 6.35. The van der Waals surface area contributed by atoms with E-state index in [1.165, 1.54) is 12.8 Å². The maximum atomic E-state index is 8.15. The first kappa shape index (κ1) is 8.81. The molecule has 1 aliphatic heterocycles. The zero-order valence-electron chi connectivity index (χ0n) is 7.48. The Hall–Kier alpha value is -0.770. The largest absolute Gasteiger partial charge is 0.347 e. The van der Waals surface area contributed by atoms with Gasteiger partial charge in [0.25, 0.3) is 0 Å². The van der Waals surface area contributed by atoms with E-state index in [2.05, 4.69) is 10.0 Å². The highest BCUT2D eigenvalue weighted by Crippen LogP contribution is 2.39. The third kappa shape index (κ3) is 1.77. The molecule has 1 unspecified atom stereocenters. The van der Waals surface area contributed by atoms with Crippen LogP contribution in [0.25, 0.3) is 10.4 Å². The van der Waals surface area contributed by atoms with E-state index < -0.39 is 0 Å². The third-order valence-corrected chi connectivity index (χ3v) is 2.63. The molecule has 0 aromatic carbocycles. The molecule has 1 atom stereocenters. The molecule has 0 radical (unpaired) electrons. The Balaban J connectivity index is 1.89. The van der Waals surface area contributed by atoms with Crippen molar-refractivity contribution in [3.05, 3.63) is 10.4 Å². The summed E-state index contributed by atoms with van der Waals surface area (Å²) in [5.74, 6) is -0.324. The second-order valence-electron chi connectivity index (χ2n) is 3.58. The van der Waals surface area contributed by atoms with Gasteiger partial charge in [-0.3, -0.25) is 0 Å². The van der Waals surface area contributed by atoms with Gasteiger partial charge in [-0.2, -0.15) is 0 Å². The molecule has 5 nitrogen and oxygen atoms in total. The SMILES string of the molecule is [N-]=[N+]=NCC1COC2(CCCC2)O1. The summed E-state index contributed by atoms with van der Waals surface area (Å²) in [6.07, 6.45) is 4.29. The fraction of sp³-hybridized carbons (Fsp3) is 1.00. The van der Waals surface area contributed by atoms with Crippen LogP contribution in [0.15, 0.2) is 5.11 Å². The molecule has 2 aliphatic rings. The van der Waals surface area contributed by atoms with Crippen molar-refractivity contribution in [1.82, 2.24) is 0 Å². The minimum atomic E-state index is -0.324. The molecule has 0 aromatic heterocycles. The summed E-state index contributed by atoms with van der Waals surface area (Å²) in [5, 5.41) is 3.48. The van der Waals surface area contributed by atoms with Crippen molar-refractivity contribution in [2.45, 2.75) is 37.6 Å². The molecule has 1 saturated carbocycles. The lowest BCUT2D eigenvalue weighted by atomic mass is 10.2. The van der Waals surface area contributed by atoms with Gasteiger partial charge in [0.2, 0.25) is 0 Å². The van der Waals surface area contributed by atoms with Crippen LogP contribution in [0.1, 0.15) is 25.7 Å². The maximum Gasteiger partial charge on any atom is 0.168 e. The maximum absolute atomic E-state index is 8.15. The second kappa shape index (κ2) is 3.54. The Labute approximate surface area is 76.6 Å². The Morgan fingerprint density at radius 2 is 2.23 bits per heavy atom. The minimum Gasteiger partial charge on any atom is -0.347 e. The van der Waals surface area contributed by atoms with Crippen molar-refractivity contribution in [3.63, 3.8) is 0 Å². The van der Waals surface area contributed by atoms with Gasteiger partial charge in [-0.25, -0.2) is 0 Å². The van der Waals surface area contributed by atoms with E-state index in [0.29, 0.717) is 13.2 Å². The zero-order chi connectivity index (χ0) is 9.15. The normalized spacial score (nSPS) is 30.6. The molecule has 5 heteroatoms. The average Bonchev–Trinajstić information content (AvgIpc) is 2.74. The summed E-state index contributed by atoms with van der Waals surface area (Å²) in [4.78, 5) is 2.70. The Morgan fingerprint density at radius 1 is 1.46 bits per heavy atom. The third-order valence-electron chi connectivity index (χ3n) is 2.63. The highest BCUT2D eigenvalue weighted by atomic mass is 16.7. The van der Waals surface area contributed by atoms with Gasteiger partial charge in [-0.1, -0.05) is 5.11 Å². The Morgan fingerprint density at radius 3 is 2.92 bits per heavy atom. The molecule has 2 fully saturated rings. The van der Waals surface area contributed by atoms with Crippen LogP contribution in [0, 0.1) is 0 Å². The van der Waals surface area contributed by atoms with Gasteiger partial charge in [0.15, 0.2) is 5.79 Å². The first-order valence-corrected chi connectivity index (χ1v) is 4.67. The van der Waals surface area contributed by atoms with E-state index in [1.54, 1.807) is 0 Å². The van der Waals surface area contributed by atoms with E-state index in [0.717, 1.165) is 12.8 Å². The van der Waals surface area contributed by atoms with E-state index >= 15 is 0 Å². The van der Waals surface area contributed by atoms with E-state index in [9.17, 15) is 0 Å². The van der Waals surface area contributed by atoms with Gasteiger partial charge in [-0.15, -0.1) is 0 Å². The first-order valence-electron chi connectivity index (χ1n) is 4.67. The fourth-order valence-electron chi connectivity index (χ4n) is 2.01. The van der Waals surface area contributed by atoms with E-state index in [-0.39, 0.29) is 11.9 Å². The van der Waals surface area contributed by atoms with Crippen molar-refractivity contribution in [1.29, 1.82) is 0 Å². The molecule has 0 amide bonds. The van der Waals surface area contributed by atoms with Crippen LogP contribution in [-0.2, 0) is 9.47 Å². The van der Waals surface area contributed by atoms with Crippen molar-refractivity contribution in [3.8, 4) is 0 Å². The van der Waals surface area contributed by atoms with Crippen molar-refractivity contribution < 1.29 is 9.47 Å². The van der Waals surface area contributed by atoms with Gasteiger partial charge in [0, 0.05) is 17.8 Å².